The van der Waals surface area contributed by atoms with Crippen molar-refractivity contribution in [2.45, 2.75) is 4.90 Å². The number of thiol groups is 1. The Morgan fingerprint density at radius 3 is 2.79 bits per heavy atom. The summed E-state index contributed by atoms with van der Waals surface area (Å²) in [5, 5.41) is 18.1. The predicted molar refractivity (Wildman–Crippen MR) is 51.4 cm³/mol. The molecule has 0 bridgehead atoms. The number of carbonyl (C=O) groups excluding carboxylic acids is 1. The van der Waals surface area contributed by atoms with Crippen LogP contribution in [0.1, 0.15) is 15.9 Å². The molecule has 0 saturated heterocycles. The van der Waals surface area contributed by atoms with Crippen molar-refractivity contribution in [3.8, 4) is 11.8 Å². The summed E-state index contributed by atoms with van der Waals surface area (Å²) in [7, 11) is 1.17. The van der Waals surface area contributed by atoms with E-state index < -0.39 is 5.97 Å². The van der Waals surface area contributed by atoms with E-state index in [9.17, 15) is 9.90 Å². The lowest BCUT2D eigenvalue weighted by atomic mass is 10.1. The summed E-state index contributed by atoms with van der Waals surface area (Å²) in [6.45, 7) is 0. The number of methoxy groups -OCH3 is 1. The van der Waals surface area contributed by atoms with E-state index in [0.717, 1.165) is 0 Å². The molecule has 14 heavy (non-hydrogen) atoms. The molecule has 0 spiro atoms. The summed E-state index contributed by atoms with van der Waals surface area (Å²) < 4.78 is 4.43. The van der Waals surface area contributed by atoms with Gasteiger partial charge in [0.15, 0.2) is 0 Å². The van der Waals surface area contributed by atoms with Gasteiger partial charge in [-0.25, -0.2) is 4.79 Å². The summed E-state index contributed by atoms with van der Waals surface area (Å²) in [6, 6.07) is 4.50. The quantitative estimate of drug-likeness (QED) is 0.541. The number of nitrogens with zero attached hydrogens (tertiary/aromatic N) is 1. The van der Waals surface area contributed by atoms with Crippen LogP contribution in [0.2, 0.25) is 0 Å². The Bertz CT molecular complexity index is 423. The van der Waals surface area contributed by atoms with Gasteiger partial charge in [0.1, 0.15) is 17.4 Å². The molecule has 5 heteroatoms. The van der Waals surface area contributed by atoms with Gasteiger partial charge >= 0.3 is 5.97 Å². The standard InChI is InChI=1S/C9H7NO3S/c1-13-9(12)8-5(4-10)7(14)3-2-6(8)11/h2-3,11,14H,1H3. The number of aromatic hydroxyl groups is 1. The maximum atomic E-state index is 11.2. The van der Waals surface area contributed by atoms with Crippen LogP contribution in [0.3, 0.4) is 0 Å². The van der Waals surface area contributed by atoms with Crippen LogP contribution < -0.4 is 0 Å². The number of carbonyl (C=O) groups is 1. The summed E-state index contributed by atoms with van der Waals surface area (Å²) in [5.74, 6) is -1.04. The molecule has 1 aromatic rings. The number of ether oxygens (including phenoxy) is 1. The van der Waals surface area contributed by atoms with Gasteiger partial charge in [0, 0.05) is 4.90 Å². The van der Waals surface area contributed by atoms with Crippen LogP contribution in [-0.2, 0) is 4.74 Å². The van der Waals surface area contributed by atoms with Crippen molar-refractivity contribution < 1.29 is 14.6 Å². The summed E-state index contributed by atoms with van der Waals surface area (Å²) in [5.41, 5.74) is -0.136. The maximum absolute atomic E-state index is 11.2. The number of esters is 1. The number of hydrogen-bond acceptors (Lipinski definition) is 5. The molecular formula is C9H7NO3S. The van der Waals surface area contributed by atoms with E-state index in [4.69, 9.17) is 5.26 Å². The molecule has 0 aliphatic rings. The maximum Gasteiger partial charge on any atom is 0.343 e. The third-order valence-corrected chi connectivity index (χ3v) is 2.04. The molecule has 0 radical (unpaired) electrons. The third kappa shape index (κ3) is 1.65. The van der Waals surface area contributed by atoms with E-state index >= 15 is 0 Å². The second-order valence-corrected chi connectivity index (χ2v) is 2.94. The second kappa shape index (κ2) is 4.03. The number of rotatable bonds is 1. The summed E-state index contributed by atoms with van der Waals surface area (Å²) in [4.78, 5) is 11.5. The van der Waals surface area contributed by atoms with Gasteiger partial charge in [-0.2, -0.15) is 5.26 Å². The Morgan fingerprint density at radius 1 is 1.64 bits per heavy atom. The van der Waals surface area contributed by atoms with Crippen molar-refractivity contribution in [2.75, 3.05) is 7.11 Å². The number of hydrogen-bond donors (Lipinski definition) is 2. The van der Waals surface area contributed by atoms with Crippen LogP contribution >= 0.6 is 12.6 Å². The molecule has 1 aromatic carbocycles. The summed E-state index contributed by atoms with van der Waals surface area (Å²) in [6.07, 6.45) is 0. The highest BCUT2D eigenvalue weighted by Gasteiger charge is 2.18. The highest BCUT2D eigenvalue weighted by Crippen LogP contribution is 2.26. The highest BCUT2D eigenvalue weighted by atomic mass is 32.1. The molecule has 4 nitrogen and oxygen atoms in total. The minimum atomic E-state index is -0.755. The minimum absolute atomic E-state index is 0.0141. The third-order valence-electron chi connectivity index (χ3n) is 1.66. The van der Waals surface area contributed by atoms with Crippen molar-refractivity contribution in [2.24, 2.45) is 0 Å². The van der Waals surface area contributed by atoms with Gasteiger partial charge in [0.2, 0.25) is 0 Å². The topological polar surface area (TPSA) is 70.3 Å². The van der Waals surface area contributed by atoms with E-state index in [1.165, 1.54) is 19.2 Å². The number of phenolic OH excluding ortho intramolecular Hbond substituents is 1. The molecule has 0 fully saturated rings. The Morgan fingerprint density at radius 2 is 2.29 bits per heavy atom. The highest BCUT2D eigenvalue weighted by molar-refractivity contribution is 7.80. The van der Waals surface area contributed by atoms with Crippen LogP contribution in [0.4, 0.5) is 0 Å². The zero-order valence-electron chi connectivity index (χ0n) is 7.31. The molecule has 0 heterocycles. The van der Waals surface area contributed by atoms with Crippen molar-refractivity contribution in [3.05, 3.63) is 23.3 Å². The number of benzene rings is 1. The van der Waals surface area contributed by atoms with Gasteiger partial charge in [-0.05, 0) is 12.1 Å². The average molecular weight is 209 g/mol. The van der Waals surface area contributed by atoms with Crippen molar-refractivity contribution in [1.82, 2.24) is 0 Å². The molecule has 72 valence electrons. The smallest absolute Gasteiger partial charge is 0.343 e. The van der Waals surface area contributed by atoms with Gasteiger partial charge in [-0.1, -0.05) is 0 Å². The second-order valence-electron chi connectivity index (χ2n) is 2.46. The zero-order chi connectivity index (χ0) is 10.7. The van der Waals surface area contributed by atoms with Crippen LogP contribution in [-0.4, -0.2) is 18.2 Å². The van der Waals surface area contributed by atoms with Crippen molar-refractivity contribution in [1.29, 1.82) is 5.26 Å². The molecule has 0 atom stereocenters. The average Bonchev–Trinajstić information content (AvgIpc) is 2.19. The fourth-order valence-electron chi connectivity index (χ4n) is 1.00. The first-order valence-corrected chi connectivity index (χ1v) is 4.10. The van der Waals surface area contributed by atoms with Crippen LogP contribution in [0, 0.1) is 11.3 Å². The van der Waals surface area contributed by atoms with Crippen LogP contribution in [0.15, 0.2) is 17.0 Å². The molecule has 0 aliphatic heterocycles. The van der Waals surface area contributed by atoms with Gasteiger partial charge in [-0.15, -0.1) is 12.6 Å². The van der Waals surface area contributed by atoms with Gasteiger partial charge in [0.05, 0.1) is 12.7 Å². The SMILES string of the molecule is COC(=O)c1c(O)ccc(S)c1C#N. The first kappa shape index (κ1) is 10.4. The lowest BCUT2D eigenvalue weighted by molar-refractivity contribution is 0.0596. The molecule has 1 N–H and O–H groups in total. The largest absolute Gasteiger partial charge is 0.507 e. The number of phenols is 1. The van der Waals surface area contributed by atoms with E-state index in [0.29, 0.717) is 4.90 Å². The van der Waals surface area contributed by atoms with Gasteiger partial charge < -0.3 is 9.84 Å². The molecular weight excluding hydrogens is 202 g/mol. The van der Waals surface area contributed by atoms with E-state index in [2.05, 4.69) is 17.4 Å². The first-order chi connectivity index (χ1) is 6.61. The van der Waals surface area contributed by atoms with Crippen LogP contribution in [0.5, 0.6) is 5.75 Å². The van der Waals surface area contributed by atoms with Gasteiger partial charge in [-0.3, -0.25) is 0 Å². The van der Waals surface area contributed by atoms with Gasteiger partial charge in [0.25, 0.3) is 0 Å². The molecule has 0 saturated carbocycles. The minimum Gasteiger partial charge on any atom is -0.507 e. The lowest BCUT2D eigenvalue weighted by Gasteiger charge is -2.05. The van der Waals surface area contributed by atoms with Crippen molar-refractivity contribution in [3.63, 3.8) is 0 Å². The molecule has 0 unspecified atom stereocenters. The molecule has 0 aliphatic carbocycles. The Balaban J connectivity index is 3.47. The fourth-order valence-corrected chi connectivity index (χ4v) is 1.24. The van der Waals surface area contributed by atoms with Crippen molar-refractivity contribution >= 4 is 18.6 Å². The Kier molecular flexibility index (Phi) is 2.99. The van der Waals surface area contributed by atoms with E-state index in [1.807, 2.05) is 0 Å². The first-order valence-electron chi connectivity index (χ1n) is 3.65. The molecule has 0 amide bonds. The lowest BCUT2D eigenvalue weighted by Crippen LogP contribution is -2.05. The molecule has 1 rings (SSSR count). The predicted octanol–water partition coefficient (Wildman–Crippen LogP) is 1.34. The zero-order valence-corrected chi connectivity index (χ0v) is 8.21. The number of nitriles is 1. The van der Waals surface area contributed by atoms with Crippen LogP contribution in [0.25, 0.3) is 0 Å². The normalized spacial score (nSPS) is 9.21. The Hall–Kier alpha value is -1.67. The van der Waals surface area contributed by atoms with E-state index in [-0.39, 0.29) is 16.9 Å². The fraction of sp³-hybridized carbons (Fsp3) is 0.111. The monoisotopic (exact) mass is 209 g/mol. The van der Waals surface area contributed by atoms with E-state index in [1.54, 1.807) is 6.07 Å². The summed E-state index contributed by atoms with van der Waals surface area (Å²) >= 11 is 3.99. The Labute approximate surface area is 86.1 Å². The molecule has 0 aromatic heterocycles.